The SMILES string of the molecule is CCC(N)C(CC)(CSSCC(CC)(C(N)CC)C(C)(C)C)C(C)(C)C. The molecule has 0 rings (SSSR count). The van der Waals surface area contributed by atoms with Crippen molar-refractivity contribution in [2.75, 3.05) is 11.5 Å². The number of hydrogen-bond acceptors (Lipinski definition) is 4. The molecule has 0 aromatic rings. The molecule has 0 bridgehead atoms. The first-order valence-corrected chi connectivity index (χ1v) is 13.0. The Kier molecular flexibility index (Phi) is 10.7. The van der Waals surface area contributed by atoms with Crippen molar-refractivity contribution in [2.24, 2.45) is 33.1 Å². The maximum Gasteiger partial charge on any atom is 0.0113 e. The van der Waals surface area contributed by atoms with Gasteiger partial charge in [-0.25, -0.2) is 0 Å². The summed E-state index contributed by atoms with van der Waals surface area (Å²) in [7, 11) is 4.05. The summed E-state index contributed by atoms with van der Waals surface area (Å²) in [6.07, 6.45) is 4.34. The van der Waals surface area contributed by atoms with E-state index in [1.807, 2.05) is 21.6 Å². The standard InChI is InChI=1S/C22H48N2S2/c1-11-17(23)21(13-3,19(5,6)7)15-25-26-16-22(14-4,18(24)12-2)20(8,9)10/h17-18H,11-16,23-24H2,1-10H3. The van der Waals surface area contributed by atoms with Crippen LogP contribution in [-0.4, -0.2) is 23.6 Å². The Bertz CT molecular complexity index is 362. The topological polar surface area (TPSA) is 52.0 Å². The third-order valence-electron chi connectivity index (χ3n) is 7.26. The van der Waals surface area contributed by atoms with E-state index in [1.54, 1.807) is 0 Å². The lowest BCUT2D eigenvalue weighted by molar-refractivity contribution is 0.0725. The van der Waals surface area contributed by atoms with E-state index in [4.69, 9.17) is 11.5 Å². The normalized spacial score (nSPS) is 20.3. The van der Waals surface area contributed by atoms with Crippen molar-refractivity contribution in [3.63, 3.8) is 0 Å². The first-order valence-electron chi connectivity index (χ1n) is 10.5. The van der Waals surface area contributed by atoms with Crippen LogP contribution in [0.3, 0.4) is 0 Å². The summed E-state index contributed by atoms with van der Waals surface area (Å²) in [5.41, 5.74) is 14.0. The molecule has 0 aromatic carbocycles. The highest BCUT2D eigenvalue weighted by Gasteiger charge is 2.46. The number of nitrogens with two attached hydrogens (primary N) is 2. The van der Waals surface area contributed by atoms with Gasteiger partial charge in [-0.1, -0.05) is 90.8 Å². The lowest BCUT2D eigenvalue weighted by atomic mass is 9.61. The second kappa shape index (κ2) is 10.4. The van der Waals surface area contributed by atoms with E-state index in [0.717, 1.165) is 37.2 Å². The first-order chi connectivity index (χ1) is 11.8. The first kappa shape index (κ1) is 26.6. The minimum Gasteiger partial charge on any atom is -0.327 e. The van der Waals surface area contributed by atoms with Gasteiger partial charge in [0.05, 0.1) is 0 Å². The van der Waals surface area contributed by atoms with Crippen LogP contribution in [0.25, 0.3) is 0 Å². The molecule has 0 aliphatic heterocycles. The van der Waals surface area contributed by atoms with Crippen LogP contribution in [0.1, 0.15) is 94.9 Å². The molecule has 0 spiro atoms. The molecule has 4 unspecified atom stereocenters. The highest BCUT2D eigenvalue weighted by molar-refractivity contribution is 8.76. The summed E-state index contributed by atoms with van der Waals surface area (Å²) in [6.45, 7) is 23.2. The quantitative estimate of drug-likeness (QED) is 0.296. The lowest BCUT2D eigenvalue weighted by Gasteiger charge is -2.50. The van der Waals surface area contributed by atoms with Gasteiger partial charge in [0.15, 0.2) is 0 Å². The van der Waals surface area contributed by atoms with Crippen molar-refractivity contribution in [3.8, 4) is 0 Å². The number of rotatable bonds is 11. The fraction of sp³-hybridized carbons (Fsp3) is 1.00. The van der Waals surface area contributed by atoms with Gasteiger partial charge < -0.3 is 11.5 Å². The monoisotopic (exact) mass is 404 g/mol. The van der Waals surface area contributed by atoms with E-state index in [9.17, 15) is 0 Å². The van der Waals surface area contributed by atoms with Crippen LogP contribution < -0.4 is 11.5 Å². The van der Waals surface area contributed by atoms with Crippen LogP contribution in [0, 0.1) is 21.7 Å². The van der Waals surface area contributed by atoms with Crippen molar-refractivity contribution in [3.05, 3.63) is 0 Å². The van der Waals surface area contributed by atoms with Gasteiger partial charge >= 0.3 is 0 Å². The maximum absolute atomic E-state index is 6.64. The summed E-state index contributed by atoms with van der Waals surface area (Å²) in [4.78, 5) is 0. The molecular weight excluding hydrogens is 356 g/mol. The molecule has 0 heterocycles. The molecule has 4 N–H and O–H groups in total. The Hall–Kier alpha value is 0.620. The van der Waals surface area contributed by atoms with Crippen molar-refractivity contribution in [1.82, 2.24) is 0 Å². The lowest BCUT2D eigenvalue weighted by Crippen LogP contribution is -2.52. The molecule has 0 aliphatic carbocycles. The molecule has 0 amide bonds. The Balaban J connectivity index is 5.27. The largest absolute Gasteiger partial charge is 0.327 e. The zero-order chi connectivity index (χ0) is 20.8. The molecule has 26 heavy (non-hydrogen) atoms. The zero-order valence-corrected chi connectivity index (χ0v) is 21.0. The molecule has 0 aromatic heterocycles. The summed E-state index contributed by atoms with van der Waals surface area (Å²) >= 11 is 0. The maximum atomic E-state index is 6.64. The molecular formula is C22H48N2S2. The fourth-order valence-electron chi connectivity index (χ4n) is 4.62. The van der Waals surface area contributed by atoms with E-state index < -0.39 is 0 Å². The summed E-state index contributed by atoms with van der Waals surface area (Å²) in [6, 6.07) is 0.495. The van der Waals surface area contributed by atoms with Crippen LogP contribution in [0.15, 0.2) is 0 Å². The Labute approximate surface area is 173 Å². The van der Waals surface area contributed by atoms with Crippen molar-refractivity contribution < 1.29 is 0 Å². The van der Waals surface area contributed by atoms with E-state index in [1.165, 1.54) is 0 Å². The highest BCUT2D eigenvalue weighted by atomic mass is 33.1. The molecule has 4 heteroatoms. The van der Waals surface area contributed by atoms with Gasteiger partial charge in [-0.3, -0.25) is 0 Å². The fourth-order valence-corrected chi connectivity index (χ4v) is 8.68. The van der Waals surface area contributed by atoms with Crippen LogP contribution in [0.5, 0.6) is 0 Å². The predicted molar refractivity (Wildman–Crippen MR) is 126 cm³/mol. The molecule has 0 saturated carbocycles. The van der Waals surface area contributed by atoms with Crippen molar-refractivity contribution in [1.29, 1.82) is 0 Å². The number of hydrogen-bond donors (Lipinski definition) is 2. The third kappa shape index (κ3) is 5.58. The van der Waals surface area contributed by atoms with E-state index in [2.05, 4.69) is 69.2 Å². The van der Waals surface area contributed by atoms with Gasteiger partial charge in [0.2, 0.25) is 0 Å². The molecule has 4 atom stereocenters. The molecule has 158 valence electrons. The molecule has 2 nitrogen and oxygen atoms in total. The van der Waals surface area contributed by atoms with Crippen molar-refractivity contribution >= 4 is 21.6 Å². The minimum absolute atomic E-state index is 0.170. The second-order valence-corrected chi connectivity index (χ2v) is 12.5. The highest BCUT2D eigenvalue weighted by Crippen LogP contribution is 2.52. The molecule has 0 saturated heterocycles. The van der Waals surface area contributed by atoms with Gasteiger partial charge in [-0.2, -0.15) is 0 Å². The van der Waals surface area contributed by atoms with E-state index in [0.29, 0.717) is 0 Å². The van der Waals surface area contributed by atoms with E-state index in [-0.39, 0.29) is 33.7 Å². The summed E-state index contributed by atoms with van der Waals surface area (Å²) < 4.78 is 0. The van der Waals surface area contributed by atoms with Gasteiger partial charge in [-0.05, 0) is 47.3 Å². The van der Waals surface area contributed by atoms with Gasteiger partial charge in [-0.15, -0.1) is 0 Å². The molecule has 0 aliphatic rings. The van der Waals surface area contributed by atoms with Gasteiger partial charge in [0.1, 0.15) is 0 Å². The van der Waals surface area contributed by atoms with Gasteiger partial charge in [0.25, 0.3) is 0 Å². The van der Waals surface area contributed by atoms with Crippen LogP contribution in [-0.2, 0) is 0 Å². The molecule has 0 fully saturated rings. The van der Waals surface area contributed by atoms with E-state index >= 15 is 0 Å². The minimum atomic E-state index is 0.170. The Morgan fingerprint density at radius 2 is 0.885 bits per heavy atom. The smallest absolute Gasteiger partial charge is 0.0113 e. The Morgan fingerprint density at radius 3 is 1.04 bits per heavy atom. The van der Waals surface area contributed by atoms with Crippen LogP contribution >= 0.6 is 21.6 Å². The van der Waals surface area contributed by atoms with Crippen LogP contribution in [0.4, 0.5) is 0 Å². The average Bonchev–Trinajstić information content (AvgIpc) is 2.55. The third-order valence-corrected chi connectivity index (χ3v) is 9.90. The van der Waals surface area contributed by atoms with Crippen LogP contribution in [0.2, 0.25) is 0 Å². The Morgan fingerprint density at radius 1 is 0.615 bits per heavy atom. The predicted octanol–water partition coefficient (Wildman–Crippen LogP) is 6.73. The molecule has 0 radical (unpaired) electrons. The second-order valence-electron chi connectivity index (χ2n) is 10.1. The summed E-state index contributed by atoms with van der Waals surface area (Å²) in [5, 5.41) is 0. The summed E-state index contributed by atoms with van der Waals surface area (Å²) in [5.74, 6) is 2.22. The van der Waals surface area contributed by atoms with Crippen molar-refractivity contribution in [2.45, 2.75) is 107 Å². The average molecular weight is 405 g/mol. The zero-order valence-electron chi connectivity index (χ0n) is 19.4. The van der Waals surface area contributed by atoms with Gasteiger partial charge in [0, 0.05) is 23.6 Å².